The fourth-order valence-corrected chi connectivity index (χ4v) is 2.15. The van der Waals surface area contributed by atoms with E-state index >= 15 is 0 Å². The zero-order valence-electron chi connectivity index (χ0n) is 9.72. The maximum Gasteiger partial charge on any atom is 0.125 e. The van der Waals surface area contributed by atoms with E-state index in [4.69, 9.17) is 10.5 Å². The van der Waals surface area contributed by atoms with Crippen molar-refractivity contribution in [2.45, 2.75) is 25.9 Å². The number of piperidine rings is 1. The Kier molecular flexibility index (Phi) is 3.62. The second-order valence-corrected chi connectivity index (χ2v) is 4.08. The van der Waals surface area contributed by atoms with Crippen molar-refractivity contribution < 1.29 is 4.74 Å². The summed E-state index contributed by atoms with van der Waals surface area (Å²) < 4.78 is 5.63. The number of aromatic nitrogens is 1. The van der Waals surface area contributed by atoms with Gasteiger partial charge in [0.2, 0.25) is 0 Å². The molecule has 0 bridgehead atoms. The smallest absolute Gasteiger partial charge is 0.125 e. The molecule has 0 spiro atoms. The van der Waals surface area contributed by atoms with Crippen molar-refractivity contribution in [3.05, 3.63) is 18.3 Å². The molecule has 0 radical (unpaired) electrons. The van der Waals surface area contributed by atoms with Gasteiger partial charge in [-0.1, -0.05) is 0 Å². The van der Waals surface area contributed by atoms with Crippen molar-refractivity contribution >= 4 is 11.5 Å². The lowest BCUT2D eigenvalue weighted by Crippen LogP contribution is -2.37. The van der Waals surface area contributed by atoms with Gasteiger partial charge >= 0.3 is 0 Å². The Labute approximate surface area is 96.4 Å². The maximum atomic E-state index is 5.68. The van der Waals surface area contributed by atoms with Crippen LogP contribution in [-0.2, 0) is 4.74 Å². The number of nitrogen functional groups attached to an aromatic ring is 1. The Balaban J connectivity index is 1.94. The van der Waals surface area contributed by atoms with Gasteiger partial charge in [0.05, 0.1) is 6.10 Å². The molecule has 4 nitrogen and oxygen atoms in total. The number of nitrogens with two attached hydrogens (primary N) is 1. The largest absolute Gasteiger partial charge is 0.384 e. The van der Waals surface area contributed by atoms with Crippen LogP contribution in [0, 0.1) is 0 Å². The molecule has 1 aliphatic heterocycles. The predicted octanol–water partition coefficient (Wildman–Crippen LogP) is 1.67. The molecule has 4 heteroatoms. The van der Waals surface area contributed by atoms with Crippen LogP contribution in [0.3, 0.4) is 0 Å². The highest BCUT2D eigenvalue weighted by Crippen LogP contribution is 2.21. The van der Waals surface area contributed by atoms with Gasteiger partial charge in [0.15, 0.2) is 0 Å². The first-order valence-corrected chi connectivity index (χ1v) is 5.87. The van der Waals surface area contributed by atoms with Crippen LogP contribution in [0.25, 0.3) is 0 Å². The van der Waals surface area contributed by atoms with Crippen LogP contribution in [-0.4, -0.2) is 30.8 Å². The highest BCUT2D eigenvalue weighted by molar-refractivity contribution is 5.52. The van der Waals surface area contributed by atoms with Gasteiger partial charge in [-0.15, -0.1) is 0 Å². The molecule has 16 heavy (non-hydrogen) atoms. The maximum absolute atomic E-state index is 5.68. The molecule has 0 aliphatic carbocycles. The Hall–Kier alpha value is -1.29. The van der Waals surface area contributed by atoms with Crippen molar-refractivity contribution in [3.8, 4) is 0 Å². The number of hydrogen-bond donors (Lipinski definition) is 1. The van der Waals surface area contributed by atoms with Crippen molar-refractivity contribution in [1.29, 1.82) is 0 Å². The van der Waals surface area contributed by atoms with Crippen LogP contribution in [0.15, 0.2) is 18.3 Å². The number of nitrogens with zero attached hydrogens (tertiary/aromatic N) is 2. The summed E-state index contributed by atoms with van der Waals surface area (Å²) in [6.45, 7) is 4.94. The molecule has 0 amide bonds. The summed E-state index contributed by atoms with van der Waals surface area (Å²) in [4.78, 5) is 6.35. The summed E-state index contributed by atoms with van der Waals surface area (Å²) in [5, 5.41) is 0. The van der Waals surface area contributed by atoms with E-state index < -0.39 is 0 Å². The number of anilines is 2. The summed E-state index contributed by atoms with van der Waals surface area (Å²) in [7, 11) is 0. The van der Waals surface area contributed by atoms with Gasteiger partial charge < -0.3 is 15.4 Å². The summed E-state index contributed by atoms with van der Waals surface area (Å²) in [6.07, 6.45) is 4.38. The molecular formula is C12H19N3O. The Morgan fingerprint density at radius 1 is 1.50 bits per heavy atom. The van der Waals surface area contributed by atoms with Crippen molar-refractivity contribution in [2.24, 2.45) is 0 Å². The van der Waals surface area contributed by atoms with E-state index in [1.165, 1.54) is 5.69 Å². The van der Waals surface area contributed by atoms with E-state index in [2.05, 4.69) is 16.8 Å². The number of rotatable bonds is 3. The summed E-state index contributed by atoms with van der Waals surface area (Å²) in [6, 6.07) is 3.94. The summed E-state index contributed by atoms with van der Waals surface area (Å²) >= 11 is 0. The molecule has 1 fully saturated rings. The zero-order chi connectivity index (χ0) is 11.4. The lowest BCUT2D eigenvalue weighted by molar-refractivity contribution is 0.0459. The molecule has 2 heterocycles. The minimum atomic E-state index is 0.431. The predicted molar refractivity (Wildman–Crippen MR) is 65.5 cm³/mol. The fourth-order valence-electron chi connectivity index (χ4n) is 2.15. The monoisotopic (exact) mass is 221 g/mol. The summed E-state index contributed by atoms with van der Waals surface area (Å²) in [5.41, 5.74) is 6.85. The van der Waals surface area contributed by atoms with E-state index in [0.717, 1.165) is 32.5 Å². The molecule has 0 unspecified atom stereocenters. The third-order valence-electron chi connectivity index (χ3n) is 2.97. The molecule has 1 aromatic heterocycles. The van der Waals surface area contributed by atoms with Crippen LogP contribution < -0.4 is 10.6 Å². The van der Waals surface area contributed by atoms with Gasteiger partial charge in [-0.05, 0) is 25.8 Å². The quantitative estimate of drug-likeness (QED) is 0.843. The van der Waals surface area contributed by atoms with E-state index in [9.17, 15) is 0 Å². The van der Waals surface area contributed by atoms with Gasteiger partial charge in [-0.3, -0.25) is 0 Å². The summed E-state index contributed by atoms with van der Waals surface area (Å²) in [5.74, 6) is 0.587. The van der Waals surface area contributed by atoms with Gasteiger partial charge in [0.1, 0.15) is 5.82 Å². The van der Waals surface area contributed by atoms with Gasteiger partial charge in [0.25, 0.3) is 0 Å². The molecule has 0 saturated carbocycles. The van der Waals surface area contributed by atoms with Gasteiger partial charge in [0, 0.05) is 37.6 Å². The molecule has 0 atom stereocenters. The standard InChI is InChI=1S/C12H19N3O/c1-2-16-11-4-7-15(8-5-11)10-3-6-14-12(13)9-10/h3,6,9,11H,2,4-5,7-8H2,1H3,(H2,13,14). The van der Waals surface area contributed by atoms with Crippen LogP contribution in [0.4, 0.5) is 11.5 Å². The van der Waals surface area contributed by atoms with Crippen molar-refractivity contribution in [2.75, 3.05) is 30.3 Å². The minimum absolute atomic E-state index is 0.431. The van der Waals surface area contributed by atoms with E-state index in [1.54, 1.807) is 6.20 Å². The van der Waals surface area contributed by atoms with Crippen LogP contribution in [0.1, 0.15) is 19.8 Å². The molecule has 88 valence electrons. The third-order valence-corrected chi connectivity index (χ3v) is 2.97. The highest BCUT2D eigenvalue weighted by Gasteiger charge is 2.19. The SMILES string of the molecule is CCOC1CCN(c2ccnc(N)c2)CC1. The fraction of sp³-hybridized carbons (Fsp3) is 0.583. The van der Waals surface area contributed by atoms with E-state index in [1.807, 2.05) is 12.1 Å². The first-order chi connectivity index (χ1) is 7.79. The minimum Gasteiger partial charge on any atom is -0.384 e. The first-order valence-electron chi connectivity index (χ1n) is 5.87. The number of ether oxygens (including phenoxy) is 1. The Morgan fingerprint density at radius 2 is 2.25 bits per heavy atom. The van der Waals surface area contributed by atoms with E-state index in [-0.39, 0.29) is 0 Å². The molecule has 1 aliphatic rings. The van der Waals surface area contributed by atoms with Crippen molar-refractivity contribution in [3.63, 3.8) is 0 Å². The van der Waals surface area contributed by atoms with Crippen LogP contribution in [0.5, 0.6) is 0 Å². The molecule has 0 aromatic carbocycles. The van der Waals surface area contributed by atoms with Crippen molar-refractivity contribution in [1.82, 2.24) is 4.98 Å². The molecular weight excluding hydrogens is 202 g/mol. The Morgan fingerprint density at radius 3 is 2.88 bits per heavy atom. The first kappa shape index (κ1) is 11.2. The Bertz CT molecular complexity index is 335. The highest BCUT2D eigenvalue weighted by atomic mass is 16.5. The van der Waals surface area contributed by atoms with Crippen LogP contribution >= 0.6 is 0 Å². The van der Waals surface area contributed by atoms with Gasteiger partial charge in [-0.25, -0.2) is 4.98 Å². The third kappa shape index (κ3) is 2.64. The lowest BCUT2D eigenvalue weighted by atomic mass is 10.1. The topological polar surface area (TPSA) is 51.4 Å². The normalized spacial score (nSPS) is 17.7. The molecule has 1 saturated heterocycles. The zero-order valence-corrected chi connectivity index (χ0v) is 9.72. The molecule has 2 rings (SSSR count). The number of hydrogen-bond acceptors (Lipinski definition) is 4. The second kappa shape index (κ2) is 5.16. The molecule has 1 aromatic rings. The lowest BCUT2D eigenvalue weighted by Gasteiger charge is -2.33. The van der Waals surface area contributed by atoms with Crippen LogP contribution in [0.2, 0.25) is 0 Å². The second-order valence-electron chi connectivity index (χ2n) is 4.08. The van der Waals surface area contributed by atoms with Gasteiger partial charge in [-0.2, -0.15) is 0 Å². The average molecular weight is 221 g/mol. The molecule has 2 N–H and O–H groups in total. The van der Waals surface area contributed by atoms with E-state index in [0.29, 0.717) is 11.9 Å². The average Bonchev–Trinajstić information content (AvgIpc) is 2.30. The number of pyridine rings is 1.